The maximum absolute atomic E-state index is 11.8. The third-order valence-electron chi connectivity index (χ3n) is 2.34. The van der Waals surface area contributed by atoms with Crippen LogP contribution < -0.4 is 5.56 Å². The molecule has 0 amide bonds. The van der Waals surface area contributed by atoms with Crippen LogP contribution in [0.25, 0.3) is 11.8 Å². The largest absolute Gasteiger partial charge is 0.284 e. The molecule has 1 aromatic carbocycles. The van der Waals surface area contributed by atoms with Crippen molar-refractivity contribution in [3.63, 3.8) is 0 Å². The van der Waals surface area contributed by atoms with E-state index in [2.05, 4.69) is 0 Å². The number of benzene rings is 1. The van der Waals surface area contributed by atoms with Gasteiger partial charge in [0.2, 0.25) is 0 Å². The van der Waals surface area contributed by atoms with Gasteiger partial charge in [0.15, 0.2) is 0 Å². The Balaban J connectivity index is 2.49. The maximum Gasteiger partial charge on any atom is 0.255 e. The highest BCUT2D eigenvalue weighted by Gasteiger charge is 1.98. The van der Waals surface area contributed by atoms with Crippen molar-refractivity contribution in [3.8, 4) is 5.69 Å². The van der Waals surface area contributed by atoms with E-state index in [4.69, 9.17) is 0 Å². The Hall–Kier alpha value is -2.09. The third-order valence-corrected chi connectivity index (χ3v) is 2.34. The molecule has 0 bridgehead atoms. The zero-order valence-corrected chi connectivity index (χ0v) is 9.13. The summed E-state index contributed by atoms with van der Waals surface area (Å²) in [5, 5.41) is 0. The van der Waals surface area contributed by atoms with Crippen molar-refractivity contribution in [2.45, 2.75) is 6.92 Å². The molecule has 2 nitrogen and oxygen atoms in total. The van der Waals surface area contributed by atoms with Crippen LogP contribution in [-0.4, -0.2) is 4.57 Å². The zero-order valence-electron chi connectivity index (χ0n) is 9.13. The molecule has 16 heavy (non-hydrogen) atoms. The van der Waals surface area contributed by atoms with Gasteiger partial charge in [-0.25, -0.2) is 0 Å². The summed E-state index contributed by atoms with van der Waals surface area (Å²) in [6, 6.07) is 13.2. The van der Waals surface area contributed by atoms with Crippen LogP contribution in [0.4, 0.5) is 0 Å². The van der Waals surface area contributed by atoms with Crippen molar-refractivity contribution in [1.29, 1.82) is 0 Å². The fourth-order valence-electron chi connectivity index (χ4n) is 1.59. The summed E-state index contributed by atoms with van der Waals surface area (Å²) >= 11 is 0. The average Bonchev–Trinajstić information content (AvgIpc) is 2.31. The Labute approximate surface area is 94.5 Å². The van der Waals surface area contributed by atoms with Crippen molar-refractivity contribution in [3.05, 3.63) is 70.7 Å². The predicted octanol–water partition coefficient (Wildman–Crippen LogP) is 2.87. The van der Waals surface area contributed by atoms with Gasteiger partial charge in [0, 0.05) is 18.0 Å². The summed E-state index contributed by atoms with van der Waals surface area (Å²) in [5.74, 6) is 0. The highest BCUT2D eigenvalue weighted by Crippen LogP contribution is 2.05. The molecule has 0 fully saturated rings. The molecule has 2 rings (SSSR count). The third kappa shape index (κ3) is 2.11. The van der Waals surface area contributed by atoms with Gasteiger partial charge in [-0.05, 0) is 30.7 Å². The summed E-state index contributed by atoms with van der Waals surface area (Å²) in [4.78, 5) is 11.8. The van der Waals surface area contributed by atoms with Crippen LogP contribution in [0, 0.1) is 0 Å². The van der Waals surface area contributed by atoms with Gasteiger partial charge < -0.3 is 0 Å². The van der Waals surface area contributed by atoms with Crippen LogP contribution in [0.3, 0.4) is 0 Å². The van der Waals surface area contributed by atoms with E-state index in [-0.39, 0.29) is 5.56 Å². The minimum Gasteiger partial charge on any atom is -0.284 e. The van der Waals surface area contributed by atoms with E-state index in [9.17, 15) is 4.79 Å². The lowest BCUT2D eigenvalue weighted by Gasteiger charge is -2.04. The minimum atomic E-state index is -0.0122. The Kier molecular flexibility index (Phi) is 3.01. The number of pyridine rings is 1. The lowest BCUT2D eigenvalue weighted by molar-refractivity contribution is 0.988. The van der Waals surface area contributed by atoms with E-state index in [1.807, 2.05) is 55.5 Å². The molecular weight excluding hydrogens is 198 g/mol. The molecule has 0 unspecified atom stereocenters. The standard InChI is InChI=1S/C14H13NO/c1-2-6-12-9-10-15(14(16)11-12)13-7-4-3-5-8-13/h2-11H,1H3/b6-2+. The van der Waals surface area contributed by atoms with Gasteiger partial charge in [0.25, 0.3) is 5.56 Å². The van der Waals surface area contributed by atoms with Gasteiger partial charge in [-0.15, -0.1) is 0 Å². The highest BCUT2D eigenvalue weighted by atomic mass is 16.1. The van der Waals surface area contributed by atoms with Crippen molar-refractivity contribution < 1.29 is 0 Å². The van der Waals surface area contributed by atoms with E-state index in [1.54, 1.807) is 16.8 Å². The van der Waals surface area contributed by atoms with E-state index < -0.39 is 0 Å². The first kappa shape index (κ1) is 10.4. The average molecular weight is 211 g/mol. The molecule has 0 radical (unpaired) electrons. The molecule has 1 heterocycles. The summed E-state index contributed by atoms with van der Waals surface area (Å²) in [5.41, 5.74) is 1.81. The quantitative estimate of drug-likeness (QED) is 0.748. The van der Waals surface area contributed by atoms with Gasteiger partial charge in [0.05, 0.1) is 0 Å². The van der Waals surface area contributed by atoms with Crippen LogP contribution >= 0.6 is 0 Å². The van der Waals surface area contributed by atoms with Crippen molar-refractivity contribution in [2.75, 3.05) is 0 Å². The highest BCUT2D eigenvalue weighted by molar-refractivity contribution is 5.48. The smallest absolute Gasteiger partial charge is 0.255 e. The number of hydrogen-bond acceptors (Lipinski definition) is 1. The second kappa shape index (κ2) is 4.62. The van der Waals surface area contributed by atoms with Gasteiger partial charge in [-0.1, -0.05) is 30.4 Å². The van der Waals surface area contributed by atoms with Crippen molar-refractivity contribution >= 4 is 6.08 Å². The number of aromatic nitrogens is 1. The lowest BCUT2D eigenvalue weighted by atomic mass is 10.2. The van der Waals surface area contributed by atoms with Gasteiger partial charge in [-0.2, -0.15) is 0 Å². The molecule has 2 aromatic rings. The number of para-hydroxylation sites is 1. The molecule has 1 aromatic heterocycles. The number of nitrogens with zero attached hydrogens (tertiary/aromatic N) is 1. The summed E-state index contributed by atoms with van der Waals surface area (Å²) in [6.45, 7) is 1.93. The van der Waals surface area contributed by atoms with E-state index >= 15 is 0 Å². The maximum atomic E-state index is 11.8. The molecule has 0 aliphatic rings. The second-order valence-corrected chi connectivity index (χ2v) is 3.50. The van der Waals surface area contributed by atoms with Crippen LogP contribution in [0.15, 0.2) is 59.5 Å². The molecule has 0 aliphatic carbocycles. The van der Waals surface area contributed by atoms with E-state index in [0.717, 1.165) is 11.3 Å². The Bertz CT molecular complexity index is 552. The first-order valence-corrected chi connectivity index (χ1v) is 5.22. The lowest BCUT2D eigenvalue weighted by Crippen LogP contribution is -2.16. The molecule has 0 spiro atoms. The molecule has 80 valence electrons. The fraction of sp³-hybridized carbons (Fsp3) is 0.0714. The van der Waals surface area contributed by atoms with Crippen molar-refractivity contribution in [1.82, 2.24) is 4.57 Å². The Morgan fingerprint density at radius 3 is 2.50 bits per heavy atom. The normalized spacial score (nSPS) is 10.8. The zero-order chi connectivity index (χ0) is 11.4. The summed E-state index contributed by atoms with van der Waals surface area (Å²) in [7, 11) is 0. The Morgan fingerprint density at radius 2 is 1.88 bits per heavy atom. The Morgan fingerprint density at radius 1 is 1.12 bits per heavy atom. The molecule has 0 saturated heterocycles. The van der Waals surface area contributed by atoms with E-state index in [1.165, 1.54) is 0 Å². The van der Waals surface area contributed by atoms with Crippen LogP contribution in [-0.2, 0) is 0 Å². The van der Waals surface area contributed by atoms with Crippen LogP contribution in [0.1, 0.15) is 12.5 Å². The molecule has 0 aliphatic heterocycles. The number of allylic oxidation sites excluding steroid dienone is 1. The summed E-state index contributed by atoms with van der Waals surface area (Å²) in [6.07, 6.45) is 5.63. The SMILES string of the molecule is C/C=C/c1ccn(-c2ccccc2)c(=O)c1. The predicted molar refractivity (Wildman–Crippen MR) is 66.7 cm³/mol. The van der Waals surface area contributed by atoms with Gasteiger partial charge in [0.1, 0.15) is 0 Å². The summed E-state index contributed by atoms with van der Waals surface area (Å²) < 4.78 is 1.63. The molecule has 0 atom stereocenters. The monoisotopic (exact) mass is 211 g/mol. The topological polar surface area (TPSA) is 22.0 Å². The van der Waals surface area contributed by atoms with Gasteiger partial charge >= 0.3 is 0 Å². The number of hydrogen-bond donors (Lipinski definition) is 0. The molecule has 2 heteroatoms. The van der Waals surface area contributed by atoms with Crippen LogP contribution in [0.2, 0.25) is 0 Å². The molecule has 0 saturated carbocycles. The first-order chi connectivity index (χ1) is 7.81. The van der Waals surface area contributed by atoms with E-state index in [0.29, 0.717) is 0 Å². The fourth-order valence-corrected chi connectivity index (χ4v) is 1.59. The second-order valence-electron chi connectivity index (χ2n) is 3.50. The minimum absolute atomic E-state index is 0.0122. The molecular formula is C14H13NO. The first-order valence-electron chi connectivity index (χ1n) is 5.22. The van der Waals surface area contributed by atoms with Gasteiger partial charge in [-0.3, -0.25) is 9.36 Å². The van der Waals surface area contributed by atoms with Crippen molar-refractivity contribution in [2.24, 2.45) is 0 Å². The number of rotatable bonds is 2. The van der Waals surface area contributed by atoms with Crippen LogP contribution in [0.5, 0.6) is 0 Å². The molecule has 0 N–H and O–H groups in total.